The number of aromatic amines is 1. The molecule has 0 amide bonds. The summed E-state index contributed by atoms with van der Waals surface area (Å²) in [7, 11) is 0. The molecule has 7 nitrogen and oxygen atoms in total. The van der Waals surface area contributed by atoms with Crippen molar-refractivity contribution >= 4 is 11.0 Å². The molecule has 0 unspecified atom stereocenters. The number of fused-ring (bicyclic) bond motifs is 1. The fourth-order valence-electron chi connectivity index (χ4n) is 1.83. The Kier molecular flexibility index (Phi) is 5.13. The normalized spacial score (nSPS) is 11.2. The maximum Gasteiger partial charge on any atom is 0.419 e. The molecule has 1 N–H and O–H groups in total. The van der Waals surface area contributed by atoms with Gasteiger partial charge >= 0.3 is 5.76 Å². The zero-order chi connectivity index (χ0) is 15.2. The van der Waals surface area contributed by atoms with E-state index < -0.39 is 17.6 Å². The Morgan fingerprint density at radius 1 is 1.19 bits per heavy atom. The van der Waals surface area contributed by atoms with Gasteiger partial charge in [-0.05, 0) is 26.0 Å². The van der Waals surface area contributed by atoms with Crippen molar-refractivity contribution in [1.29, 1.82) is 0 Å². The van der Waals surface area contributed by atoms with Gasteiger partial charge < -0.3 is 18.6 Å². The van der Waals surface area contributed by atoms with Crippen LogP contribution in [-0.2, 0) is 9.47 Å². The summed E-state index contributed by atoms with van der Waals surface area (Å²) >= 11 is 0. The van der Waals surface area contributed by atoms with E-state index in [1.54, 1.807) is 6.07 Å². The van der Waals surface area contributed by atoms with E-state index >= 15 is 0 Å². The molecule has 0 saturated carbocycles. The molecule has 21 heavy (non-hydrogen) atoms. The van der Waals surface area contributed by atoms with Crippen LogP contribution in [0.5, 0.6) is 5.75 Å². The van der Waals surface area contributed by atoms with Crippen LogP contribution in [-0.4, -0.2) is 31.1 Å². The first-order chi connectivity index (χ1) is 10.1. The number of nitrogens with one attached hydrogen (secondary N) is 1. The molecule has 0 aliphatic carbocycles. The van der Waals surface area contributed by atoms with E-state index in [2.05, 4.69) is 4.98 Å². The molecule has 7 heteroatoms. The highest BCUT2D eigenvalue weighted by Crippen LogP contribution is 2.17. The van der Waals surface area contributed by atoms with Crippen LogP contribution < -0.4 is 16.1 Å². The summed E-state index contributed by atoms with van der Waals surface area (Å²) in [5.74, 6) is -0.341. The van der Waals surface area contributed by atoms with E-state index in [9.17, 15) is 9.59 Å². The largest absolute Gasteiger partial charge is 0.488 e. The molecule has 0 radical (unpaired) electrons. The molecule has 1 aromatic carbocycles. The number of rotatable bonds is 7. The van der Waals surface area contributed by atoms with Gasteiger partial charge in [0.25, 0.3) is 5.56 Å². The Bertz CT molecular complexity index is 698. The first-order valence-electron chi connectivity index (χ1n) is 6.67. The Morgan fingerprint density at radius 2 is 1.90 bits per heavy atom. The summed E-state index contributed by atoms with van der Waals surface area (Å²) in [6, 6.07) is 4.64. The van der Waals surface area contributed by atoms with Crippen molar-refractivity contribution in [1.82, 2.24) is 4.98 Å². The quantitative estimate of drug-likeness (QED) is 0.773. The third kappa shape index (κ3) is 3.93. The van der Waals surface area contributed by atoms with Gasteiger partial charge in [-0.2, -0.15) is 0 Å². The van der Waals surface area contributed by atoms with Crippen LogP contribution in [0.2, 0.25) is 0 Å². The van der Waals surface area contributed by atoms with Gasteiger partial charge in [-0.1, -0.05) is 0 Å². The molecular weight excluding hydrogens is 278 g/mol. The molecule has 1 aromatic heterocycles. The van der Waals surface area contributed by atoms with Crippen LogP contribution in [0.15, 0.2) is 32.2 Å². The molecule has 1 heterocycles. The van der Waals surface area contributed by atoms with Gasteiger partial charge in [0.15, 0.2) is 6.29 Å². The molecule has 0 aliphatic heterocycles. The van der Waals surface area contributed by atoms with Crippen molar-refractivity contribution in [3.63, 3.8) is 0 Å². The second-order valence-electron chi connectivity index (χ2n) is 4.15. The van der Waals surface area contributed by atoms with Crippen molar-refractivity contribution in [2.45, 2.75) is 20.1 Å². The minimum atomic E-state index is -0.800. The highest BCUT2D eigenvalue weighted by Gasteiger charge is 2.10. The van der Waals surface area contributed by atoms with Crippen LogP contribution in [0.4, 0.5) is 0 Å². The van der Waals surface area contributed by atoms with Gasteiger partial charge in [-0.25, -0.2) is 4.79 Å². The minimum Gasteiger partial charge on any atom is -0.488 e. The van der Waals surface area contributed by atoms with Crippen LogP contribution >= 0.6 is 0 Å². The van der Waals surface area contributed by atoms with Crippen molar-refractivity contribution in [3.05, 3.63) is 39.1 Å². The van der Waals surface area contributed by atoms with Gasteiger partial charge in [-0.3, -0.25) is 9.78 Å². The third-order valence-electron chi connectivity index (χ3n) is 2.71. The monoisotopic (exact) mass is 295 g/mol. The molecule has 0 bridgehead atoms. The standard InChI is InChI=1S/C14H17NO6/c1-3-18-12(19-4-2)8-20-9-5-6-10-11(7-9)21-14(17)15-13(10)16/h5-7,12H,3-4,8H2,1-2H3,(H,15,16,17). The summed E-state index contributed by atoms with van der Waals surface area (Å²) in [6.45, 7) is 4.94. The molecule has 2 aromatic rings. The van der Waals surface area contributed by atoms with E-state index in [1.165, 1.54) is 12.1 Å². The number of hydrogen-bond donors (Lipinski definition) is 1. The lowest BCUT2D eigenvalue weighted by Crippen LogP contribution is -2.25. The predicted molar refractivity (Wildman–Crippen MR) is 75.6 cm³/mol. The zero-order valence-corrected chi connectivity index (χ0v) is 11.9. The summed E-state index contributed by atoms with van der Waals surface area (Å²) < 4.78 is 21.2. The molecular formula is C14H17NO6. The Hall–Kier alpha value is -2.12. The smallest absolute Gasteiger partial charge is 0.419 e. The maximum atomic E-state index is 11.6. The summed E-state index contributed by atoms with van der Waals surface area (Å²) in [6.07, 6.45) is -0.470. The lowest BCUT2D eigenvalue weighted by molar-refractivity contribution is -0.152. The fourth-order valence-corrected chi connectivity index (χ4v) is 1.83. The van der Waals surface area contributed by atoms with Gasteiger partial charge in [0.1, 0.15) is 17.9 Å². The number of H-pyrrole nitrogens is 1. The first-order valence-corrected chi connectivity index (χ1v) is 6.67. The third-order valence-corrected chi connectivity index (χ3v) is 2.71. The van der Waals surface area contributed by atoms with Crippen molar-refractivity contribution in [2.24, 2.45) is 0 Å². The first kappa shape index (κ1) is 15.3. The predicted octanol–water partition coefficient (Wildman–Crippen LogP) is 1.26. The van der Waals surface area contributed by atoms with Crippen molar-refractivity contribution in [2.75, 3.05) is 19.8 Å². The minimum absolute atomic E-state index is 0.172. The summed E-state index contributed by atoms with van der Waals surface area (Å²) in [5.41, 5.74) is -0.320. The molecule has 0 fully saturated rings. The Morgan fingerprint density at radius 3 is 2.57 bits per heavy atom. The lowest BCUT2D eigenvalue weighted by atomic mass is 10.2. The summed E-state index contributed by atoms with van der Waals surface area (Å²) in [4.78, 5) is 24.8. The van der Waals surface area contributed by atoms with E-state index in [1.807, 2.05) is 13.8 Å². The highest BCUT2D eigenvalue weighted by molar-refractivity contribution is 5.76. The highest BCUT2D eigenvalue weighted by atomic mass is 16.7. The van der Waals surface area contributed by atoms with Gasteiger partial charge in [-0.15, -0.1) is 0 Å². The van der Waals surface area contributed by atoms with Gasteiger partial charge in [0, 0.05) is 19.3 Å². The van der Waals surface area contributed by atoms with Crippen molar-refractivity contribution < 1.29 is 18.6 Å². The van der Waals surface area contributed by atoms with Crippen LogP contribution in [0.1, 0.15) is 13.8 Å². The average molecular weight is 295 g/mol. The number of hydrogen-bond acceptors (Lipinski definition) is 6. The second kappa shape index (κ2) is 7.05. The topological polar surface area (TPSA) is 90.8 Å². The van der Waals surface area contributed by atoms with E-state index in [-0.39, 0.29) is 17.6 Å². The SMILES string of the molecule is CCOC(COc1ccc2c(=O)[nH]c(=O)oc2c1)OCC. The maximum absolute atomic E-state index is 11.6. The molecule has 0 atom stereocenters. The Labute approximate surface area is 120 Å². The van der Waals surface area contributed by atoms with Gasteiger partial charge in [0.05, 0.1) is 5.39 Å². The van der Waals surface area contributed by atoms with E-state index in [0.717, 1.165) is 0 Å². The van der Waals surface area contributed by atoms with Crippen LogP contribution in [0.3, 0.4) is 0 Å². The van der Waals surface area contributed by atoms with E-state index in [0.29, 0.717) is 19.0 Å². The molecule has 0 spiro atoms. The van der Waals surface area contributed by atoms with Crippen LogP contribution in [0, 0.1) is 0 Å². The Balaban J connectivity index is 2.15. The summed E-state index contributed by atoms with van der Waals surface area (Å²) in [5, 5.41) is 0.285. The number of aromatic nitrogens is 1. The van der Waals surface area contributed by atoms with E-state index in [4.69, 9.17) is 18.6 Å². The van der Waals surface area contributed by atoms with Crippen molar-refractivity contribution in [3.8, 4) is 5.75 Å². The second-order valence-corrected chi connectivity index (χ2v) is 4.15. The average Bonchev–Trinajstić information content (AvgIpc) is 2.44. The number of ether oxygens (including phenoxy) is 3. The van der Waals surface area contributed by atoms with Crippen LogP contribution in [0.25, 0.3) is 11.0 Å². The fraction of sp³-hybridized carbons (Fsp3) is 0.429. The number of benzene rings is 1. The molecule has 0 aliphatic rings. The lowest BCUT2D eigenvalue weighted by Gasteiger charge is -2.17. The molecule has 0 saturated heterocycles. The van der Waals surface area contributed by atoms with Gasteiger partial charge in [0.2, 0.25) is 0 Å². The zero-order valence-electron chi connectivity index (χ0n) is 11.9. The molecule has 2 rings (SSSR count). The molecule has 114 valence electrons.